The lowest BCUT2D eigenvalue weighted by Gasteiger charge is -2.36. The molecule has 0 unspecified atom stereocenters. The second kappa shape index (κ2) is 11.9. The Morgan fingerprint density at radius 3 is 2.45 bits per heavy atom. The molecule has 1 aliphatic heterocycles. The van der Waals surface area contributed by atoms with Crippen molar-refractivity contribution in [2.45, 2.75) is 19.4 Å². The van der Waals surface area contributed by atoms with Gasteiger partial charge in [0.2, 0.25) is 5.91 Å². The molecule has 1 aliphatic rings. The summed E-state index contributed by atoms with van der Waals surface area (Å²) in [6.45, 7) is 4.88. The minimum atomic E-state index is -0.140. The van der Waals surface area contributed by atoms with E-state index in [1.165, 1.54) is 5.69 Å². The van der Waals surface area contributed by atoms with Gasteiger partial charge in [0.25, 0.3) is 5.56 Å². The van der Waals surface area contributed by atoms with Crippen LogP contribution in [0.2, 0.25) is 0 Å². The van der Waals surface area contributed by atoms with Gasteiger partial charge in [0, 0.05) is 44.4 Å². The fourth-order valence-electron chi connectivity index (χ4n) is 4.91. The number of piperazine rings is 1. The Morgan fingerprint density at radius 2 is 1.66 bits per heavy atom. The van der Waals surface area contributed by atoms with Crippen molar-refractivity contribution in [3.05, 3.63) is 95.0 Å². The normalized spacial score (nSPS) is 14.0. The number of amides is 1. The first-order chi connectivity index (χ1) is 18.6. The van der Waals surface area contributed by atoms with Crippen molar-refractivity contribution in [2.75, 3.05) is 44.7 Å². The maximum atomic E-state index is 13.3. The van der Waals surface area contributed by atoms with Crippen LogP contribution < -0.4 is 20.5 Å². The van der Waals surface area contributed by atoms with Gasteiger partial charge in [-0.25, -0.2) is 4.98 Å². The van der Waals surface area contributed by atoms with Gasteiger partial charge in [0.1, 0.15) is 11.6 Å². The van der Waals surface area contributed by atoms with E-state index in [4.69, 9.17) is 9.72 Å². The zero-order valence-electron chi connectivity index (χ0n) is 21.7. The van der Waals surface area contributed by atoms with E-state index in [9.17, 15) is 9.59 Å². The first-order valence-corrected chi connectivity index (χ1v) is 13.1. The minimum absolute atomic E-state index is 0.0398. The summed E-state index contributed by atoms with van der Waals surface area (Å²) in [5.41, 5.74) is 2.40. The third kappa shape index (κ3) is 5.86. The zero-order valence-corrected chi connectivity index (χ0v) is 21.7. The van der Waals surface area contributed by atoms with Crippen LogP contribution in [0.4, 0.5) is 5.69 Å². The number of nitrogens with zero attached hydrogens (tertiary/aromatic N) is 4. The molecular formula is C30H33N5O3. The molecule has 3 aromatic carbocycles. The van der Waals surface area contributed by atoms with Crippen LogP contribution in [0.25, 0.3) is 16.6 Å². The molecule has 4 aromatic rings. The molecule has 5 rings (SSSR count). The first kappa shape index (κ1) is 25.5. The molecule has 1 aromatic heterocycles. The van der Waals surface area contributed by atoms with Gasteiger partial charge in [-0.3, -0.25) is 19.1 Å². The summed E-state index contributed by atoms with van der Waals surface area (Å²) in [5, 5.41) is 3.53. The summed E-state index contributed by atoms with van der Waals surface area (Å²) in [6.07, 6.45) is 1.21. The third-order valence-electron chi connectivity index (χ3n) is 6.97. The lowest BCUT2D eigenvalue weighted by atomic mass is 10.2. The number of benzene rings is 3. The van der Waals surface area contributed by atoms with E-state index >= 15 is 0 Å². The van der Waals surface area contributed by atoms with E-state index < -0.39 is 0 Å². The fraction of sp³-hybridized carbons (Fsp3) is 0.300. The summed E-state index contributed by atoms with van der Waals surface area (Å²) < 4.78 is 6.94. The number of nitrogens with one attached hydrogen (secondary N) is 1. The molecule has 1 saturated heterocycles. The van der Waals surface area contributed by atoms with Gasteiger partial charge in [-0.05, 0) is 49.4 Å². The highest BCUT2D eigenvalue weighted by Gasteiger charge is 2.18. The van der Waals surface area contributed by atoms with Crippen LogP contribution in [0.15, 0.2) is 83.7 Å². The van der Waals surface area contributed by atoms with Crippen LogP contribution in [0.1, 0.15) is 18.7 Å². The van der Waals surface area contributed by atoms with E-state index in [0.29, 0.717) is 23.1 Å². The molecule has 1 N–H and O–H groups in total. The highest BCUT2D eigenvalue weighted by atomic mass is 16.5. The van der Waals surface area contributed by atoms with Gasteiger partial charge in [-0.15, -0.1) is 0 Å². The Labute approximate surface area is 222 Å². The van der Waals surface area contributed by atoms with Gasteiger partial charge < -0.3 is 15.0 Å². The number of hydrogen-bond donors (Lipinski definition) is 1. The summed E-state index contributed by atoms with van der Waals surface area (Å²) in [5.74, 6) is 1.35. The molecule has 0 bridgehead atoms. The predicted molar refractivity (Wildman–Crippen MR) is 150 cm³/mol. The monoisotopic (exact) mass is 511 g/mol. The van der Waals surface area contributed by atoms with Gasteiger partial charge in [0.15, 0.2) is 0 Å². The van der Waals surface area contributed by atoms with Crippen LogP contribution in [-0.4, -0.2) is 60.2 Å². The Bertz CT molecular complexity index is 1450. The minimum Gasteiger partial charge on any atom is -0.497 e. The number of fused-ring (bicyclic) bond motifs is 1. The number of rotatable bonds is 9. The van der Waals surface area contributed by atoms with Crippen LogP contribution >= 0.6 is 0 Å². The first-order valence-electron chi connectivity index (χ1n) is 13.1. The number of methoxy groups -OCH3 is 1. The summed E-state index contributed by atoms with van der Waals surface area (Å²) >= 11 is 0. The molecule has 0 aliphatic carbocycles. The average molecular weight is 512 g/mol. The zero-order chi connectivity index (χ0) is 26.3. The molecule has 0 atom stereocenters. The van der Waals surface area contributed by atoms with E-state index in [1.54, 1.807) is 17.7 Å². The number of ether oxygens (including phenoxy) is 1. The number of anilines is 1. The SMILES string of the molecule is COc1cccc(N2CCN(CCCC(=O)NCc3nc4ccccc4c(=O)n3-c3ccccc3)CC2)c1. The number of carbonyl (C=O) groups excluding carboxylic acids is 1. The van der Waals surface area contributed by atoms with Crippen LogP contribution in [0, 0.1) is 0 Å². The molecule has 0 saturated carbocycles. The topological polar surface area (TPSA) is 79.7 Å². The van der Waals surface area contributed by atoms with Crippen molar-refractivity contribution in [3.8, 4) is 11.4 Å². The lowest BCUT2D eigenvalue weighted by Crippen LogP contribution is -2.46. The highest BCUT2D eigenvalue weighted by Crippen LogP contribution is 2.22. The molecule has 0 spiro atoms. The number of carbonyl (C=O) groups is 1. The number of aromatic nitrogens is 2. The molecule has 8 nitrogen and oxygen atoms in total. The maximum Gasteiger partial charge on any atom is 0.266 e. The fourth-order valence-corrected chi connectivity index (χ4v) is 4.91. The summed E-state index contributed by atoms with van der Waals surface area (Å²) in [6, 6.07) is 24.9. The van der Waals surface area contributed by atoms with Crippen molar-refractivity contribution in [3.63, 3.8) is 0 Å². The Hall–Kier alpha value is -4.17. The molecular weight excluding hydrogens is 478 g/mol. The summed E-state index contributed by atoms with van der Waals surface area (Å²) in [7, 11) is 1.69. The smallest absolute Gasteiger partial charge is 0.266 e. The predicted octanol–water partition coefficient (Wildman–Crippen LogP) is 3.61. The van der Waals surface area contributed by atoms with Crippen molar-refractivity contribution in [2.24, 2.45) is 0 Å². The second-order valence-corrected chi connectivity index (χ2v) is 9.43. The Kier molecular flexibility index (Phi) is 7.99. The van der Waals surface area contributed by atoms with Gasteiger partial charge in [-0.1, -0.05) is 36.4 Å². The molecule has 38 heavy (non-hydrogen) atoms. The van der Waals surface area contributed by atoms with Crippen LogP contribution in [0.5, 0.6) is 5.75 Å². The van der Waals surface area contributed by atoms with Crippen LogP contribution in [-0.2, 0) is 11.3 Å². The van der Waals surface area contributed by atoms with E-state index in [0.717, 1.165) is 50.6 Å². The Morgan fingerprint density at radius 1 is 0.921 bits per heavy atom. The van der Waals surface area contributed by atoms with Crippen molar-refractivity contribution in [1.82, 2.24) is 19.8 Å². The molecule has 1 fully saturated rings. The number of hydrogen-bond acceptors (Lipinski definition) is 6. The second-order valence-electron chi connectivity index (χ2n) is 9.43. The highest BCUT2D eigenvalue weighted by molar-refractivity contribution is 5.78. The van der Waals surface area contributed by atoms with E-state index in [1.807, 2.05) is 60.7 Å². The quantitative estimate of drug-likeness (QED) is 0.370. The van der Waals surface area contributed by atoms with Crippen molar-refractivity contribution in [1.29, 1.82) is 0 Å². The molecule has 8 heteroatoms. The molecule has 196 valence electrons. The van der Waals surface area contributed by atoms with Gasteiger partial charge in [0.05, 0.1) is 30.2 Å². The largest absolute Gasteiger partial charge is 0.497 e. The number of para-hydroxylation sites is 2. The third-order valence-corrected chi connectivity index (χ3v) is 6.97. The van der Waals surface area contributed by atoms with Gasteiger partial charge >= 0.3 is 0 Å². The van der Waals surface area contributed by atoms with Gasteiger partial charge in [-0.2, -0.15) is 0 Å². The van der Waals surface area contributed by atoms with Crippen molar-refractivity contribution < 1.29 is 9.53 Å². The Balaban J connectivity index is 1.14. The van der Waals surface area contributed by atoms with E-state index in [-0.39, 0.29) is 18.0 Å². The maximum absolute atomic E-state index is 13.3. The lowest BCUT2D eigenvalue weighted by molar-refractivity contribution is -0.121. The van der Waals surface area contributed by atoms with E-state index in [2.05, 4.69) is 27.2 Å². The molecule has 2 heterocycles. The average Bonchev–Trinajstić information content (AvgIpc) is 2.97. The summed E-state index contributed by atoms with van der Waals surface area (Å²) in [4.78, 5) is 35.5. The standard InChI is InChI=1S/C30H33N5O3/c1-38-25-12-7-11-24(21-25)34-19-17-33(18-20-34)16-8-15-29(36)31-22-28-32-27-14-6-5-13-26(27)30(37)35(28)23-9-3-2-4-10-23/h2-7,9-14,21H,8,15-20,22H2,1H3,(H,31,36). The molecule has 1 amide bonds. The molecule has 0 radical (unpaired) electrons. The van der Waals surface area contributed by atoms with Crippen LogP contribution in [0.3, 0.4) is 0 Å². The van der Waals surface area contributed by atoms with Crippen molar-refractivity contribution >= 4 is 22.5 Å².